The monoisotopic (exact) mass is 409 g/mol. The molecule has 7 nitrogen and oxygen atoms in total. The SMILES string of the molecule is CCn1nc(C)c(S(=O)(=O)Nc2ccc(-c3cn4cccc(C)c4n3)cc2)c1C. The van der Waals surface area contributed by atoms with Gasteiger partial charge < -0.3 is 4.40 Å². The molecule has 0 saturated heterocycles. The highest BCUT2D eigenvalue weighted by Crippen LogP contribution is 2.25. The van der Waals surface area contributed by atoms with Gasteiger partial charge in [-0.3, -0.25) is 9.40 Å². The second-order valence-electron chi connectivity index (χ2n) is 7.05. The summed E-state index contributed by atoms with van der Waals surface area (Å²) in [7, 11) is -3.72. The number of imidazole rings is 1. The number of hydrogen-bond donors (Lipinski definition) is 1. The van der Waals surface area contributed by atoms with Crippen molar-refractivity contribution in [2.45, 2.75) is 39.1 Å². The Morgan fingerprint density at radius 1 is 1.07 bits per heavy atom. The molecule has 3 aromatic heterocycles. The zero-order chi connectivity index (χ0) is 20.8. The Kier molecular flexibility index (Phi) is 4.66. The van der Waals surface area contributed by atoms with E-state index in [9.17, 15) is 8.42 Å². The van der Waals surface area contributed by atoms with E-state index in [-0.39, 0.29) is 4.90 Å². The predicted octanol–water partition coefficient (Wildman–Crippen LogP) is 3.94. The minimum absolute atomic E-state index is 0.235. The van der Waals surface area contributed by atoms with E-state index in [1.165, 1.54) is 0 Å². The van der Waals surface area contributed by atoms with Crippen LogP contribution in [-0.4, -0.2) is 27.6 Å². The summed E-state index contributed by atoms with van der Waals surface area (Å²) in [4.78, 5) is 4.92. The first-order valence-corrected chi connectivity index (χ1v) is 10.9. The first-order valence-electron chi connectivity index (χ1n) is 9.41. The maximum Gasteiger partial charge on any atom is 0.265 e. The number of nitrogens with one attached hydrogen (secondary N) is 1. The Balaban J connectivity index is 1.62. The van der Waals surface area contributed by atoms with E-state index >= 15 is 0 Å². The molecule has 0 fully saturated rings. The number of aryl methyl sites for hydroxylation is 3. The molecule has 0 aliphatic rings. The second kappa shape index (κ2) is 7.04. The number of hydrogen-bond acceptors (Lipinski definition) is 4. The van der Waals surface area contributed by atoms with Gasteiger partial charge in [0.15, 0.2) is 0 Å². The van der Waals surface area contributed by atoms with Crippen molar-refractivity contribution >= 4 is 21.4 Å². The number of anilines is 1. The maximum atomic E-state index is 12.9. The zero-order valence-corrected chi connectivity index (χ0v) is 17.7. The molecule has 4 aromatic rings. The molecule has 0 saturated carbocycles. The molecule has 0 spiro atoms. The molecule has 8 heteroatoms. The summed E-state index contributed by atoms with van der Waals surface area (Å²) in [6.07, 6.45) is 3.93. The summed E-state index contributed by atoms with van der Waals surface area (Å²) in [6, 6.07) is 11.2. The van der Waals surface area contributed by atoms with Gasteiger partial charge in [-0.05, 0) is 51.5 Å². The molecule has 1 aromatic carbocycles. The second-order valence-corrected chi connectivity index (χ2v) is 8.67. The van der Waals surface area contributed by atoms with Crippen molar-refractivity contribution in [3.05, 3.63) is 65.7 Å². The van der Waals surface area contributed by atoms with Crippen LogP contribution in [0.4, 0.5) is 5.69 Å². The van der Waals surface area contributed by atoms with Gasteiger partial charge in [0.05, 0.1) is 17.1 Å². The predicted molar refractivity (Wildman–Crippen MR) is 114 cm³/mol. The van der Waals surface area contributed by atoms with Crippen LogP contribution in [0.1, 0.15) is 23.9 Å². The van der Waals surface area contributed by atoms with Crippen LogP contribution in [0.3, 0.4) is 0 Å². The molecule has 0 aliphatic heterocycles. The lowest BCUT2D eigenvalue weighted by Gasteiger charge is -2.09. The molecule has 0 radical (unpaired) electrons. The molecule has 0 atom stereocenters. The standard InChI is InChI=1S/C21H23N5O2S/c1-5-26-16(4)20(15(3)23-26)29(27,28)24-18-10-8-17(9-11-18)19-13-25-12-6-7-14(2)21(25)22-19/h6-13,24H,5H2,1-4H3. The third-order valence-electron chi connectivity index (χ3n) is 4.99. The largest absolute Gasteiger partial charge is 0.306 e. The smallest absolute Gasteiger partial charge is 0.265 e. The van der Waals surface area contributed by atoms with E-state index < -0.39 is 10.0 Å². The van der Waals surface area contributed by atoms with E-state index in [2.05, 4.69) is 14.8 Å². The van der Waals surface area contributed by atoms with Crippen molar-refractivity contribution in [2.24, 2.45) is 0 Å². The fraction of sp³-hybridized carbons (Fsp3) is 0.238. The number of pyridine rings is 1. The first-order chi connectivity index (χ1) is 13.8. The molecule has 0 aliphatic carbocycles. The Hall–Kier alpha value is -3.13. The molecule has 1 N–H and O–H groups in total. The fourth-order valence-electron chi connectivity index (χ4n) is 3.59. The van der Waals surface area contributed by atoms with Crippen LogP contribution in [0, 0.1) is 20.8 Å². The van der Waals surface area contributed by atoms with E-state index in [0.717, 1.165) is 22.5 Å². The summed E-state index contributed by atoms with van der Waals surface area (Å²) < 4.78 is 32.1. The molecule has 0 bridgehead atoms. The average Bonchev–Trinajstić information content (AvgIpc) is 3.23. The maximum absolute atomic E-state index is 12.9. The minimum Gasteiger partial charge on any atom is -0.306 e. The van der Waals surface area contributed by atoms with E-state index in [4.69, 9.17) is 0 Å². The van der Waals surface area contributed by atoms with Crippen LogP contribution in [0.15, 0.2) is 53.7 Å². The summed E-state index contributed by atoms with van der Waals surface area (Å²) in [5.74, 6) is 0. The highest BCUT2D eigenvalue weighted by atomic mass is 32.2. The molecule has 3 heterocycles. The molecule has 29 heavy (non-hydrogen) atoms. The molecule has 0 unspecified atom stereocenters. The Bertz CT molecular complexity index is 1300. The van der Waals surface area contributed by atoms with Gasteiger partial charge in [-0.15, -0.1) is 0 Å². The number of aromatic nitrogens is 4. The molecular weight excluding hydrogens is 386 g/mol. The highest BCUT2D eigenvalue weighted by molar-refractivity contribution is 7.92. The molecule has 4 rings (SSSR count). The average molecular weight is 410 g/mol. The van der Waals surface area contributed by atoms with Gasteiger partial charge in [-0.2, -0.15) is 5.10 Å². The molecular formula is C21H23N5O2S. The summed E-state index contributed by atoms with van der Waals surface area (Å²) in [5, 5.41) is 4.31. The third-order valence-corrected chi connectivity index (χ3v) is 6.63. The summed E-state index contributed by atoms with van der Waals surface area (Å²) in [6.45, 7) is 8.06. The lowest BCUT2D eigenvalue weighted by molar-refractivity contribution is 0.598. The first kappa shape index (κ1) is 19.2. The molecule has 150 valence electrons. The summed E-state index contributed by atoms with van der Waals surface area (Å²) >= 11 is 0. The Labute approximate surface area is 170 Å². The van der Waals surface area contributed by atoms with Crippen LogP contribution in [0.25, 0.3) is 16.9 Å². The van der Waals surface area contributed by atoms with Gasteiger partial charge in [0, 0.05) is 30.2 Å². The third kappa shape index (κ3) is 3.40. The van der Waals surface area contributed by atoms with Crippen LogP contribution >= 0.6 is 0 Å². The number of rotatable bonds is 5. The van der Waals surface area contributed by atoms with Crippen molar-refractivity contribution in [2.75, 3.05) is 4.72 Å². The van der Waals surface area contributed by atoms with Gasteiger partial charge >= 0.3 is 0 Å². The Morgan fingerprint density at radius 3 is 2.41 bits per heavy atom. The van der Waals surface area contributed by atoms with Crippen molar-refractivity contribution in [3.8, 4) is 11.3 Å². The van der Waals surface area contributed by atoms with Gasteiger partial charge in [0.25, 0.3) is 10.0 Å². The number of benzene rings is 1. The van der Waals surface area contributed by atoms with Crippen LogP contribution in [0.2, 0.25) is 0 Å². The van der Waals surface area contributed by atoms with Crippen LogP contribution < -0.4 is 4.72 Å². The molecule has 0 amide bonds. The lowest BCUT2D eigenvalue weighted by atomic mass is 10.1. The quantitative estimate of drug-likeness (QED) is 0.541. The van der Waals surface area contributed by atoms with Crippen molar-refractivity contribution in [1.82, 2.24) is 19.2 Å². The topological polar surface area (TPSA) is 81.3 Å². The van der Waals surface area contributed by atoms with Gasteiger partial charge in [-0.1, -0.05) is 18.2 Å². The van der Waals surface area contributed by atoms with Crippen molar-refractivity contribution in [1.29, 1.82) is 0 Å². The summed E-state index contributed by atoms with van der Waals surface area (Å²) in [5.41, 5.74) is 5.39. The van der Waals surface area contributed by atoms with Crippen molar-refractivity contribution < 1.29 is 8.42 Å². The van der Waals surface area contributed by atoms with Gasteiger partial charge in [0.1, 0.15) is 10.5 Å². The number of nitrogens with zero attached hydrogens (tertiary/aromatic N) is 4. The zero-order valence-electron chi connectivity index (χ0n) is 16.8. The van der Waals surface area contributed by atoms with Gasteiger partial charge in [-0.25, -0.2) is 13.4 Å². The highest BCUT2D eigenvalue weighted by Gasteiger charge is 2.24. The lowest BCUT2D eigenvalue weighted by Crippen LogP contribution is -2.15. The number of fused-ring (bicyclic) bond motifs is 1. The van der Waals surface area contributed by atoms with E-state index in [1.807, 2.05) is 54.9 Å². The van der Waals surface area contributed by atoms with Crippen molar-refractivity contribution in [3.63, 3.8) is 0 Å². The normalized spacial score (nSPS) is 11.9. The van der Waals surface area contributed by atoms with Crippen LogP contribution in [0.5, 0.6) is 0 Å². The van der Waals surface area contributed by atoms with Crippen LogP contribution in [-0.2, 0) is 16.6 Å². The van der Waals surface area contributed by atoms with E-state index in [0.29, 0.717) is 23.6 Å². The van der Waals surface area contributed by atoms with Gasteiger partial charge in [0.2, 0.25) is 0 Å². The number of sulfonamides is 1. The fourth-order valence-corrected chi connectivity index (χ4v) is 5.06. The Morgan fingerprint density at radius 2 is 1.79 bits per heavy atom. The van der Waals surface area contributed by atoms with E-state index in [1.54, 1.807) is 30.7 Å². The minimum atomic E-state index is -3.72.